The predicted molar refractivity (Wildman–Crippen MR) is 91.1 cm³/mol. The van der Waals surface area contributed by atoms with Crippen molar-refractivity contribution in [3.05, 3.63) is 46.0 Å². The molecule has 0 radical (unpaired) electrons. The van der Waals surface area contributed by atoms with E-state index in [0.717, 1.165) is 16.9 Å². The first-order chi connectivity index (χ1) is 10.9. The minimum atomic E-state index is -0.399. The van der Waals surface area contributed by atoms with Crippen LogP contribution in [0.5, 0.6) is 0 Å². The third kappa shape index (κ3) is 4.63. The SMILES string of the molecule is Cc1ccc(C(=O)Nc2nc(C)c(C(=O)OCC(C)C)s2)cc1. The summed E-state index contributed by atoms with van der Waals surface area (Å²) in [7, 11) is 0. The minimum Gasteiger partial charge on any atom is -0.461 e. The largest absolute Gasteiger partial charge is 0.461 e. The lowest BCUT2D eigenvalue weighted by molar-refractivity contribution is 0.0463. The number of nitrogens with one attached hydrogen (secondary N) is 1. The number of nitrogens with zero attached hydrogens (tertiary/aromatic N) is 1. The summed E-state index contributed by atoms with van der Waals surface area (Å²) in [5, 5.41) is 3.11. The zero-order valence-electron chi connectivity index (χ0n) is 13.7. The van der Waals surface area contributed by atoms with E-state index >= 15 is 0 Å². The van der Waals surface area contributed by atoms with Crippen molar-refractivity contribution in [3.63, 3.8) is 0 Å². The van der Waals surface area contributed by atoms with E-state index in [4.69, 9.17) is 4.74 Å². The van der Waals surface area contributed by atoms with Crippen molar-refractivity contribution in [3.8, 4) is 0 Å². The Bertz CT molecular complexity index is 705. The van der Waals surface area contributed by atoms with Gasteiger partial charge in [-0.3, -0.25) is 10.1 Å². The van der Waals surface area contributed by atoms with Gasteiger partial charge in [0.1, 0.15) is 4.88 Å². The minimum absolute atomic E-state index is 0.249. The van der Waals surface area contributed by atoms with Gasteiger partial charge in [-0.1, -0.05) is 42.9 Å². The molecule has 2 rings (SSSR count). The highest BCUT2D eigenvalue weighted by atomic mass is 32.1. The maximum atomic E-state index is 12.2. The Labute approximate surface area is 139 Å². The average molecular weight is 332 g/mol. The van der Waals surface area contributed by atoms with Crippen LogP contribution in [0.15, 0.2) is 24.3 Å². The first-order valence-electron chi connectivity index (χ1n) is 7.39. The van der Waals surface area contributed by atoms with E-state index in [-0.39, 0.29) is 11.8 Å². The molecule has 5 nitrogen and oxygen atoms in total. The Hall–Kier alpha value is -2.21. The van der Waals surface area contributed by atoms with Crippen LogP contribution in [0, 0.1) is 19.8 Å². The molecule has 0 aliphatic heterocycles. The molecule has 0 saturated heterocycles. The van der Waals surface area contributed by atoms with Crippen molar-refractivity contribution in [1.29, 1.82) is 0 Å². The van der Waals surface area contributed by atoms with E-state index in [0.29, 0.717) is 27.9 Å². The summed E-state index contributed by atoms with van der Waals surface area (Å²) < 4.78 is 5.21. The van der Waals surface area contributed by atoms with Crippen molar-refractivity contribution in [2.24, 2.45) is 5.92 Å². The van der Waals surface area contributed by atoms with Crippen molar-refractivity contribution < 1.29 is 14.3 Å². The molecule has 1 aromatic carbocycles. The summed E-state index contributed by atoms with van der Waals surface area (Å²) in [6, 6.07) is 7.25. The lowest BCUT2D eigenvalue weighted by atomic mass is 10.1. The van der Waals surface area contributed by atoms with E-state index in [1.54, 1.807) is 19.1 Å². The number of rotatable bonds is 5. The van der Waals surface area contributed by atoms with Crippen molar-refractivity contribution in [2.75, 3.05) is 11.9 Å². The van der Waals surface area contributed by atoms with Crippen molar-refractivity contribution >= 4 is 28.3 Å². The zero-order valence-corrected chi connectivity index (χ0v) is 14.5. The predicted octanol–water partition coefficient (Wildman–Crippen LogP) is 3.83. The molecule has 1 aromatic heterocycles. The van der Waals surface area contributed by atoms with E-state index in [2.05, 4.69) is 10.3 Å². The van der Waals surface area contributed by atoms with Gasteiger partial charge in [0.15, 0.2) is 5.13 Å². The number of ether oxygens (including phenoxy) is 1. The highest BCUT2D eigenvalue weighted by Crippen LogP contribution is 2.24. The summed E-state index contributed by atoms with van der Waals surface area (Å²) in [5.41, 5.74) is 2.19. The molecule has 0 fully saturated rings. The number of hydrogen-bond donors (Lipinski definition) is 1. The molecular weight excluding hydrogens is 312 g/mol. The second-order valence-electron chi connectivity index (χ2n) is 5.75. The number of thiazole rings is 1. The summed E-state index contributed by atoms with van der Waals surface area (Å²) in [6.45, 7) is 7.99. The highest BCUT2D eigenvalue weighted by molar-refractivity contribution is 7.17. The van der Waals surface area contributed by atoms with Crippen LogP contribution in [0.4, 0.5) is 5.13 Å². The molecule has 1 N–H and O–H groups in total. The molecule has 23 heavy (non-hydrogen) atoms. The van der Waals surface area contributed by atoms with Crippen LogP contribution in [0.3, 0.4) is 0 Å². The number of aromatic nitrogens is 1. The van der Waals surface area contributed by atoms with Crippen molar-refractivity contribution in [2.45, 2.75) is 27.7 Å². The molecule has 0 spiro atoms. The summed E-state index contributed by atoms with van der Waals surface area (Å²) in [6.07, 6.45) is 0. The summed E-state index contributed by atoms with van der Waals surface area (Å²) in [5.74, 6) is -0.377. The molecule has 0 unspecified atom stereocenters. The first kappa shape index (κ1) is 17.1. The Morgan fingerprint density at radius 2 is 1.87 bits per heavy atom. The third-order valence-corrected chi connectivity index (χ3v) is 4.12. The number of carbonyl (C=O) groups is 2. The fourth-order valence-electron chi connectivity index (χ4n) is 1.82. The highest BCUT2D eigenvalue weighted by Gasteiger charge is 2.18. The van der Waals surface area contributed by atoms with Crippen LogP contribution in [0.25, 0.3) is 0 Å². The molecule has 1 heterocycles. The van der Waals surface area contributed by atoms with Gasteiger partial charge in [0, 0.05) is 5.56 Å². The van der Waals surface area contributed by atoms with Gasteiger partial charge >= 0.3 is 5.97 Å². The lowest BCUT2D eigenvalue weighted by Crippen LogP contribution is -2.11. The zero-order chi connectivity index (χ0) is 17.0. The van der Waals surface area contributed by atoms with Crippen LogP contribution in [0.1, 0.15) is 45.1 Å². The lowest BCUT2D eigenvalue weighted by Gasteiger charge is -2.05. The first-order valence-corrected chi connectivity index (χ1v) is 8.21. The molecule has 0 aliphatic rings. The van der Waals surface area contributed by atoms with E-state index < -0.39 is 5.97 Å². The fourth-order valence-corrected chi connectivity index (χ4v) is 2.68. The molecule has 1 amide bonds. The Morgan fingerprint density at radius 1 is 1.22 bits per heavy atom. The average Bonchev–Trinajstić information content (AvgIpc) is 2.86. The van der Waals surface area contributed by atoms with Gasteiger partial charge in [-0.05, 0) is 31.9 Å². The van der Waals surface area contributed by atoms with Crippen LogP contribution in [-0.4, -0.2) is 23.5 Å². The number of esters is 1. The summed E-state index contributed by atoms with van der Waals surface area (Å²) >= 11 is 1.13. The van der Waals surface area contributed by atoms with E-state index in [1.807, 2.05) is 32.9 Å². The third-order valence-electron chi connectivity index (χ3n) is 3.06. The number of anilines is 1. The Kier molecular flexibility index (Phi) is 5.50. The van der Waals surface area contributed by atoms with Crippen molar-refractivity contribution in [1.82, 2.24) is 4.98 Å². The number of hydrogen-bond acceptors (Lipinski definition) is 5. The van der Waals surface area contributed by atoms with Crippen LogP contribution in [0.2, 0.25) is 0 Å². The molecule has 0 bridgehead atoms. The van der Waals surface area contributed by atoms with Gasteiger partial charge in [-0.15, -0.1) is 0 Å². The molecule has 2 aromatic rings. The quantitative estimate of drug-likeness (QED) is 0.845. The van der Waals surface area contributed by atoms with Gasteiger partial charge in [0.2, 0.25) is 0 Å². The molecule has 0 atom stereocenters. The smallest absolute Gasteiger partial charge is 0.350 e. The standard InChI is InChI=1S/C17H20N2O3S/c1-10(2)9-22-16(21)14-12(4)18-17(23-14)19-15(20)13-7-5-11(3)6-8-13/h5-8,10H,9H2,1-4H3,(H,18,19,20). The van der Waals surface area contributed by atoms with Gasteiger partial charge in [0.05, 0.1) is 12.3 Å². The number of benzene rings is 1. The van der Waals surface area contributed by atoms with Crippen LogP contribution in [-0.2, 0) is 4.74 Å². The molecule has 0 aliphatic carbocycles. The molecule has 122 valence electrons. The van der Waals surface area contributed by atoms with E-state index in [1.165, 1.54) is 0 Å². The monoisotopic (exact) mass is 332 g/mol. The number of aryl methyl sites for hydroxylation is 2. The van der Waals surface area contributed by atoms with Crippen LogP contribution < -0.4 is 5.32 Å². The molecular formula is C17H20N2O3S. The van der Waals surface area contributed by atoms with Gasteiger partial charge in [-0.2, -0.15) is 0 Å². The number of amides is 1. The summed E-state index contributed by atoms with van der Waals surface area (Å²) in [4.78, 5) is 28.8. The van der Waals surface area contributed by atoms with Gasteiger partial charge in [-0.25, -0.2) is 9.78 Å². The van der Waals surface area contributed by atoms with Gasteiger partial charge < -0.3 is 4.74 Å². The van der Waals surface area contributed by atoms with Gasteiger partial charge in [0.25, 0.3) is 5.91 Å². The van der Waals surface area contributed by atoms with E-state index in [9.17, 15) is 9.59 Å². The second-order valence-corrected chi connectivity index (χ2v) is 6.75. The topological polar surface area (TPSA) is 68.3 Å². The molecule has 6 heteroatoms. The number of carbonyl (C=O) groups excluding carboxylic acids is 2. The molecule has 0 saturated carbocycles. The maximum absolute atomic E-state index is 12.2. The fraction of sp³-hybridized carbons (Fsp3) is 0.353. The second kappa shape index (κ2) is 7.37. The Balaban J connectivity index is 2.07. The normalized spacial score (nSPS) is 10.7. The maximum Gasteiger partial charge on any atom is 0.350 e. The van der Waals surface area contributed by atoms with Crippen LogP contribution >= 0.6 is 11.3 Å². The Morgan fingerprint density at radius 3 is 2.48 bits per heavy atom.